The second-order valence-electron chi connectivity index (χ2n) is 4.69. The Morgan fingerprint density at radius 2 is 1.73 bits per heavy atom. The number of hydrogen-bond acceptors (Lipinski definition) is 4. The normalized spacial score (nSPS) is 12.7. The minimum absolute atomic E-state index is 0.467. The van der Waals surface area contributed by atoms with E-state index in [1.807, 2.05) is 60.7 Å². The van der Waals surface area contributed by atoms with Gasteiger partial charge >= 0.3 is 5.97 Å². The van der Waals surface area contributed by atoms with E-state index in [2.05, 4.69) is 10.5 Å². The van der Waals surface area contributed by atoms with Gasteiger partial charge in [0.25, 0.3) is 0 Å². The molecule has 0 amide bonds. The van der Waals surface area contributed by atoms with Gasteiger partial charge in [-0.1, -0.05) is 48.5 Å². The molecule has 0 bridgehead atoms. The summed E-state index contributed by atoms with van der Waals surface area (Å²) in [5, 5.41) is 13.0. The van der Waals surface area contributed by atoms with Crippen molar-refractivity contribution in [3.63, 3.8) is 0 Å². The minimum atomic E-state index is -0.812. The van der Waals surface area contributed by atoms with Crippen LogP contribution >= 0.6 is 11.8 Å². The molecule has 0 spiro atoms. The molecule has 0 aliphatic rings. The summed E-state index contributed by atoms with van der Waals surface area (Å²) < 4.78 is 0. The number of nitrogens with zero attached hydrogens (tertiary/aromatic N) is 1. The lowest BCUT2D eigenvalue weighted by atomic mass is 10.1. The van der Waals surface area contributed by atoms with Crippen LogP contribution in [0.4, 0.5) is 5.69 Å². The number of carbonyl (C=O) groups is 1. The largest absolute Gasteiger partial charge is 0.480 e. The molecule has 0 heterocycles. The van der Waals surface area contributed by atoms with Gasteiger partial charge in [-0.15, -0.1) is 11.8 Å². The van der Waals surface area contributed by atoms with Crippen molar-refractivity contribution in [2.45, 2.75) is 12.2 Å². The van der Waals surface area contributed by atoms with Crippen LogP contribution in [-0.2, 0) is 4.79 Å². The highest BCUT2D eigenvalue weighted by atomic mass is 32.2. The zero-order chi connectivity index (χ0) is 15.8. The van der Waals surface area contributed by atoms with Crippen LogP contribution < -0.4 is 5.43 Å². The molecule has 2 aromatic carbocycles. The van der Waals surface area contributed by atoms with Gasteiger partial charge in [0.2, 0.25) is 0 Å². The lowest BCUT2D eigenvalue weighted by Gasteiger charge is -2.10. The van der Waals surface area contributed by atoms with Crippen LogP contribution in [0.25, 0.3) is 0 Å². The van der Waals surface area contributed by atoms with Crippen LogP contribution in [0.2, 0.25) is 0 Å². The Bertz CT molecular complexity index is 630. The van der Waals surface area contributed by atoms with Crippen molar-refractivity contribution >= 4 is 29.1 Å². The highest BCUT2D eigenvalue weighted by Crippen LogP contribution is 2.15. The molecule has 2 rings (SSSR count). The third-order valence-electron chi connectivity index (χ3n) is 3.02. The Morgan fingerprint density at radius 3 is 2.32 bits per heavy atom. The molecular formula is C17H18N2O2S. The molecule has 0 aliphatic heterocycles. The van der Waals surface area contributed by atoms with Crippen molar-refractivity contribution < 1.29 is 9.90 Å². The minimum Gasteiger partial charge on any atom is -0.480 e. The fourth-order valence-electron chi connectivity index (χ4n) is 1.73. The number of rotatable bonds is 7. The summed E-state index contributed by atoms with van der Waals surface area (Å²) in [6.45, 7) is 1.68. The fourth-order valence-corrected chi connectivity index (χ4v) is 2.51. The molecule has 2 N–H and O–H groups in total. The molecule has 1 atom stereocenters. The molecule has 0 aliphatic carbocycles. The van der Waals surface area contributed by atoms with Gasteiger partial charge in [0.05, 0.1) is 16.6 Å². The van der Waals surface area contributed by atoms with Gasteiger partial charge in [0.1, 0.15) is 0 Å². The first-order valence-electron chi connectivity index (χ1n) is 6.94. The maximum Gasteiger partial charge on any atom is 0.316 e. The van der Waals surface area contributed by atoms with Crippen LogP contribution in [0, 0.1) is 0 Å². The fraction of sp³-hybridized carbons (Fsp3) is 0.176. The van der Waals surface area contributed by atoms with E-state index in [9.17, 15) is 4.79 Å². The molecule has 22 heavy (non-hydrogen) atoms. The number of para-hydroxylation sites is 1. The number of hydrogen-bond donors (Lipinski definition) is 2. The number of aliphatic carboxylic acids is 1. The average molecular weight is 314 g/mol. The maximum atomic E-state index is 11.0. The first-order chi connectivity index (χ1) is 10.7. The third-order valence-corrected chi connectivity index (χ3v) is 4.16. The van der Waals surface area contributed by atoms with Crippen LogP contribution in [-0.4, -0.2) is 27.8 Å². The van der Waals surface area contributed by atoms with Gasteiger partial charge in [-0.3, -0.25) is 10.2 Å². The summed E-state index contributed by atoms with van der Waals surface area (Å²) in [5.74, 6) is -0.287. The van der Waals surface area contributed by atoms with E-state index in [4.69, 9.17) is 5.11 Å². The van der Waals surface area contributed by atoms with E-state index in [0.717, 1.165) is 17.0 Å². The van der Waals surface area contributed by atoms with Gasteiger partial charge in [-0.25, -0.2) is 0 Å². The van der Waals surface area contributed by atoms with Gasteiger partial charge in [0.15, 0.2) is 0 Å². The van der Waals surface area contributed by atoms with E-state index < -0.39 is 11.2 Å². The van der Waals surface area contributed by atoms with Gasteiger partial charge in [-0.05, 0) is 24.6 Å². The molecule has 0 aromatic heterocycles. The Balaban J connectivity index is 2.13. The standard InChI is InChI=1S/C17H18N2O2S/c1-13(17(20)21)22-12-16(14-8-4-2-5-9-14)19-18-15-10-6-3-7-11-15/h2-11,13,18H,12H2,1H3,(H,20,21). The molecule has 4 nitrogen and oxygen atoms in total. The van der Waals surface area contributed by atoms with Crippen molar-refractivity contribution in [2.24, 2.45) is 5.10 Å². The quantitative estimate of drug-likeness (QED) is 0.604. The number of nitrogens with one attached hydrogen (secondary N) is 1. The average Bonchev–Trinajstić information content (AvgIpc) is 2.56. The predicted molar refractivity (Wildman–Crippen MR) is 92.6 cm³/mol. The second kappa shape index (κ2) is 8.24. The Kier molecular flexibility index (Phi) is 6.03. The van der Waals surface area contributed by atoms with Crippen LogP contribution in [0.15, 0.2) is 65.8 Å². The van der Waals surface area contributed by atoms with Crippen molar-refractivity contribution in [3.05, 3.63) is 66.2 Å². The topological polar surface area (TPSA) is 61.7 Å². The third kappa shape index (κ3) is 4.93. The zero-order valence-electron chi connectivity index (χ0n) is 12.3. The number of benzene rings is 2. The van der Waals surface area contributed by atoms with E-state index in [1.165, 1.54) is 11.8 Å². The predicted octanol–water partition coefficient (Wildman–Crippen LogP) is 3.71. The molecule has 5 heteroatoms. The maximum absolute atomic E-state index is 11.0. The Labute approximate surface area is 134 Å². The summed E-state index contributed by atoms with van der Waals surface area (Å²) in [5.41, 5.74) is 5.72. The van der Waals surface area contributed by atoms with Gasteiger partial charge in [-0.2, -0.15) is 5.10 Å². The summed E-state index contributed by atoms with van der Waals surface area (Å²) in [7, 11) is 0. The summed E-state index contributed by atoms with van der Waals surface area (Å²) in [6, 6.07) is 19.4. The first kappa shape index (κ1) is 16.1. The van der Waals surface area contributed by atoms with Gasteiger partial charge in [0, 0.05) is 5.75 Å². The van der Waals surface area contributed by atoms with Crippen LogP contribution in [0.1, 0.15) is 12.5 Å². The van der Waals surface area contributed by atoms with Crippen molar-refractivity contribution in [1.82, 2.24) is 0 Å². The lowest BCUT2D eigenvalue weighted by molar-refractivity contribution is -0.136. The smallest absolute Gasteiger partial charge is 0.316 e. The molecular weight excluding hydrogens is 296 g/mol. The van der Waals surface area contributed by atoms with Crippen molar-refractivity contribution in [2.75, 3.05) is 11.2 Å². The zero-order valence-corrected chi connectivity index (χ0v) is 13.1. The Hall–Kier alpha value is -2.27. The Morgan fingerprint density at radius 1 is 1.14 bits per heavy atom. The molecule has 1 unspecified atom stereocenters. The van der Waals surface area contributed by atoms with Gasteiger partial charge < -0.3 is 5.11 Å². The van der Waals surface area contributed by atoms with E-state index in [0.29, 0.717) is 5.75 Å². The highest BCUT2D eigenvalue weighted by molar-refractivity contribution is 8.01. The molecule has 0 fully saturated rings. The molecule has 0 saturated carbocycles. The first-order valence-corrected chi connectivity index (χ1v) is 7.99. The lowest BCUT2D eigenvalue weighted by Crippen LogP contribution is -2.16. The van der Waals surface area contributed by atoms with E-state index >= 15 is 0 Å². The van der Waals surface area contributed by atoms with Crippen LogP contribution in [0.5, 0.6) is 0 Å². The van der Waals surface area contributed by atoms with E-state index in [1.54, 1.807) is 6.92 Å². The summed E-state index contributed by atoms with van der Waals surface area (Å²) in [4.78, 5) is 11.0. The van der Waals surface area contributed by atoms with Crippen LogP contribution in [0.3, 0.4) is 0 Å². The number of anilines is 1. The SMILES string of the molecule is CC(SCC(=NNc1ccccc1)c1ccccc1)C(=O)O. The second-order valence-corrected chi connectivity index (χ2v) is 6.02. The number of hydrazone groups is 1. The molecule has 0 radical (unpaired) electrons. The molecule has 114 valence electrons. The van der Waals surface area contributed by atoms with Crippen molar-refractivity contribution in [1.29, 1.82) is 0 Å². The number of carboxylic acids is 1. The summed E-state index contributed by atoms with van der Waals surface area (Å²) >= 11 is 1.35. The number of carboxylic acid groups (broad SMARTS) is 1. The van der Waals surface area contributed by atoms with E-state index in [-0.39, 0.29) is 0 Å². The molecule has 2 aromatic rings. The van der Waals surface area contributed by atoms with Crippen molar-refractivity contribution in [3.8, 4) is 0 Å². The summed E-state index contributed by atoms with van der Waals surface area (Å²) in [6.07, 6.45) is 0. The highest BCUT2D eigenvalue weighted by Gasteiger charge is 2.13. The molecule has 0 saturated heterocycles. The number of thioether (sulfide) groups is 1. The monoisotopic (exact) mass is 314 g/mol.